The molecular weight excluding hydrogens is 492 g/mol. The predicted octanol–water partition coefficient (Wildman–Crippen LogP) is 7.67. The van der Waals surface area contributed by atoms with Crippen molar-refractivity contribution in [3.8, 4) is 17.0 Å². The predicted molar refractivity (Wildman–Crippen MR) is 153 cm³/mol. The number of carboxylic acid groups (broad SMARTS) is 1. The Balaban J connectivity index is 1.77. The van der Waals surface area contributed by atoms with Crippen molar-refractivity contribution in [2.45, 2.75) is 90.3 Å². The number of amides is 1. The van der Waals surface area contributed by atoms with Crippen LogP contribution in [0.4, 0.5) is 4.79 Å². The van der Waals surface area contributed by atoms with Gasteiger partial charge in [0.15, 0.2) is 0 Å². The van der Waals surface area contributed by atoms with E-state index in [1.807, 2.05) is 45.0 Å². The summed E-state index contributed by atoms with van der Waals surface area (Å²) in [4.78, 5) is 24.7. The van der Waals surface area contributed by atoms with E-state index in [-0.39, 0.29) is 12.6 Å². The number of nitrogens with one attached hydrogen (secondary N) is 1. The summed E-state index contributed by atoms with van der Waals surface area (Å²) in [5.74, 6) is 1.82. The third kappa shape index (κ3) is 5.63. The van der Waals surface area contributed by atoms with Crippen molar-refractivity contribution >= 4 is 23.0 Å². The molecule has 2 aliphatic rings. The van der Waals surface area contributed by atoms with Gasteiger partial charge in [-0.2, -0.15) is 0 Å². The minimum atomic E-state index is -1.09. The molecule has 2 N–H and O–H groups in total. The molecule has 1 aromatic heterocycles. The van der Waals surface area contributed by atoms with E-state index in [0.717, 1.165) is 47.2 Å². The van der Waals surface area contributed by atoms with E-state index in [0.29, 0.717) is 23.3 Å². The Morgan fingerprint density at radius 1 is 1.08 bits per heavy atom. The number of carbonyl (C=O) groups excluding carboxylic acids is 1. The van der Waals surface area contributed by atoms with Gasteiger partial charge in [-0.05, 0) is 99.2 Å². The SMILES string of the molecule is COc1ccc(-c2c(C3CCCCC3)c3ccc(C(=O)OC(C)(C)C)cc3n2CNC(=O)O)c(C2C[C@H]2C)c1. The van der Waals surface area contributed by atoms with Crippen molar-refractivity contribution in [1.82, 2.24) is 9.88 Å². The van der Waals surface area contributed by atoms with Gasteiger partial charge in [-0.1, -0.05) is 32.3 Å². The van der Waals surface area contributed by atoms with E-state index in [4.69, 9.17) is 9.47 Å². The van der Waals surface area contributed by atoms with Gasteiger partial charge in [0.05, 0.1) is 30.6 Å². The molecule has 0 spiro atoms. The highest BCUT2D eigenvalue weighted by Gasteiger charge is 2.38. The molecule has 5 rings (SSSR count). The van der Waals surface area contributed by atoms with E-state index in [9.17, 15) is 14.7 Å². The Morgan fingerprint density at radius 3 is 2.41 bits per heavy atom. The normalized spacial score (nSPS) is 19.6. The molecule has 7 nitrogen and oxygen atoms in total. The molecule has 3 aromatic rings. The summed E-state index contributed by atoms with van der Waals surface area (Å²) in [7, 11) is 1.69. The number of methoxy groups -OCH3 is 1. The van der Waals surface area contributed by atoms with Crippen LogP contribution in [-0.4, -0.2) is 34.4 Å². The Labute approximate surface area is 230 Å². The number of nitrogens with zero attached hydrogens (tertiary/aromatic N) is 1. The second-order valence-corrected chi connectivity index (χ2v) is 12.2. The summed E-state index contributed by atoms with van der Waals surface area (Å²) in [6, 6.07) is 12.0. The Hall–Kier alpha value is -3.48. The molecule has 7 heteroatoms. The molecule has 2 aromatic carbocycles. The molecule has 0 radical (unpaired) electrons. The highest BCUT2D eigenvalue weighted by Crippen LogP contribution is 2.53. The molecule has 2 saturated carbocycles. The Morgan fingerprint density at radius 2 is 1.79 bits per heavy atom. The summed E-state index contributed by atoms with van der Waals surface area (Å²) in [6.07, 6.45) is 5.81. The van der Waals surface area contributed by atoms with Crippen molar-refractivity contribution in [2.75, 3.05) is 7.11 Å². The monoisotopic (exact) mass is 532 g/mol. The van der Waals surface area contributed by atoms with E-state index < -0.39 is 11.7 Å². The van der Waals surface area contributed by atoms with Crippen LogP contribution in [0.15, 0.2) is 36.4 Å². The van der Waals surface area contributed by atoms with Gasteiger partial charge in [-0.3, -0.25) is 0 Å². The van der Waals surface area contributed by atoms with Gasteiger partial charge in [0.25, 0.3) is 0 Å². The lowest BCUT2D eigenvalue weighted by Gasteiger charge is -2.25. The summed E-state index contributed by atoms with van der Waals surface area (Å²) in [5, 5.41) is 13.2. The van der Waals surface area contributed by atoms with Crippen LogP contribution < -0.4 is 10.1 Å². The van der Waals surface area contributed by atoms with Crippen molar-refractivity contribution in [3.05, 3.63) is 53.1 Å². The smallest absolute Gasteiger partial charge is 0.406 e. The molecule has 2 atom stereocenters. The van der Waals surface area contributed by atoms with Crippen LogP contribution in [0, 0.1) is 5.92 Å². The summed E-state index contributed by atoms with van der Waals surface area (Å²) in [6.45, 7) is 7.91. The number of benzene rings is 2. The lowest BCUT2D eigenvalue weighted by atomic mass is 9.81. The second kappa shape index (κ2) is 10.6. The number of aromatic nitrogens is 1. The fraction of sp³-hybridized carbons (Fsp3) is 0.500. The average Bonchev–Trinajstić information content (AvgIpc) is 3.54. The molecule has 1 unspecified atom stereocenters. The third-order valence-electron chi connectivity index (χ3n) is 8.16. The number of hydrogen-bond donors (Lipinski definition) is 2. The molecule has 1 heterocycles. The zero-order chi connectivity index (χ0) is 27.9. The maximum atomic E-state index is 13.0. The number of esters is 1. The van der Waals surface area contributed by atoms with Gasteiger partial charge in [0, 0.05) is 10.9 Å². The van der Waals surface area contributed by atoms with Crippen LogP contribution in [0.5, 0.6) is 5.75 Å². The maximum Gasteiger partial charge on any atom is 0.406 e. The van der Waals surface area contributed by atoms with Crippen LogP contribution in [0.3, 0.4) is 0 Å². The number of rotatable bonds is 7. The fourth-order valence-electron chi connectivity index (χ4n) is 6.19. The maximum absolute atomic E-state index is 13.0. The zero-order valence-electron chi connectivity index (χ0n) is 23.7. The molecule has 0 saturated heterocycles. The molecule has 0 bridgehead atoms. The first-order chi connectivity index (χ1) is 18.6. The van der Waals surface area contributed by atoms with Gasteiger partial charge in [0.2, 0.25) is 0 Å². The molecule has 1 amide bonds. The molecular formula is C32H40N2O5. The van der Waals surface area contributed by atoms with Crippen molar-refractivity contribution < 1.29 is 24.2 Å². The Kier molecular flexibility index (Phi) is 7.36. The number of carbonyl (C=O) groups is 2. The van der Waals surface area contributed by atoms with Gasteiger partial charge in [-0.25, -0.2) is 9.59 Å². The summed E-state index contributed by atoms with van der Waals surface area (Å²) in [5.41, 5.74) is 5.35. The minimum Gasteiger partial charge on any atom is -0.497 e. The first-order valence-electron chi connectivity index (χ1n) is 14.1. The zero-order valence-corrected chi connectivity index (χ0v) is 23.7. The average molecular weight is 533 g/mol. The van der Waals surface area contributed by atoms with E-state index >= 15 is 0 Å². The summed E-state index contributed by atoms with van der Waals surface area (Å²) < 4.78 is 13.3. The van der Waals surface area contributed by atoms with Crippen LogP contribution >= 0.6 is 0 Å². The highest BCUT2D eigenvalue weighted by molar-refractivity contribution is 5.99. The van der Waals surface area contributed by atoms with E-state index in [2.05, 4.69) is 28.9 Å². The standard InChI is InChI=1S/C32H40N2O5/c1-19-15-25(19)26-17-22(38-5)12-14-23(26)29-28(20-9-7-6-8-10-20)24-13-11-21(30(35)39-32(2,3)4)16-27(24)34(29)18-33-31(36)37/h11-14,16-17,19-20,25,33H,6-10,15,18H2,1-5H3,(H,36,37)/t19-,25?/m1/s1. The van der Waals surface area contributed by atoms with Crippen molar-refractivity contribution in [1.29, 1.82) is 0 Å². The highest BCUT2D eigenvalue weighted by atomic mass is 16.6. The second-order valence-electron chi connectivity index (χ2n) is 12.2. The largest absolute Gasteiger partial charge is 0.497 e. The number of fused-ring (bicyclic) bond motifs is 1. The lowest BCUT2D eigenvalue weighted by molar-refractivity contribution is 0.00695. The fourth-order valence-corrected chi connectivity index (χ4v) is 6.19. The molecule has 2 fully saturated rings. The quantitative estimate of drug-likeness (QED) is 0.305. The summed E-state index contributed by atoms with van der Waals surface area (Å²) >= 11 is 0. The van der Waals surface area contributed by atoms with Crippen LogP contribution in [-0.2, 0) is 11.4 Å². The number of ether oxygens (including phenoxy) is 2. The first kappa shape index (κ1) is 27.1. The van der Waals surface area contributed by atoms with E-state index in [1.54, 1.807) is 7.11 Å². The topological polar surface area (TPSA) is 89.8 Å². The van der Waals surface area contributed by atoms with Crippen molar-refractivity contribution in [2.24, 2.45) is 5.92 Å². The first-order valence-corrected chi connectivity index (χ1v) is 14.1. The van der Waals surface area contributed by atoms with E-state index in [1.165, 1.54) is 30.4 Å². The molecule has 39 heavy (non-hydrogen) atoms. The van der Waals surface area contributed by atoms with Gasteiger partial charge in [-0.15, -0.1) is 0 Å². The van der Waals surface area contributed by atoms with Gasteiger partial charge in [0.1, 0.15) is 11.4 Å². The lowest BCUT2D eigenvalue weighted by Crippen LogP contribution is -2.25. The van der Waals surface area contributed by atoms with Crippen LogP contribution in [0.2, 0.25) is 0 Å². The van der Waals surface area contributed by atoms with Crippen LogP contribution in [0.1, 0.15) is 99.5 Å². The number of hydrogen-bond acceptors (Lipinski definition) is 4. The minimum absolute atomic E-state index is 0.0807. The third-order valence-corrected chi connectivity index (χ3v) is 8.16. The van der Waals surface area contributed by atoms with Gasteiger partial charge < -0.3 is 24.5 Å². The van der Waals surface area contributed by atoms with Crippen molar-refractivity contribution in [3.63, 3.8) is 0 Å². The van der Waals surface area contributed by atoms with Gasteiger partial charge >= 0.3 is 12.1 Å². The molecule has 208 valence electrons. The Bertz CT molecular complexity index is 1390. The molecule has 0 aliphatic heterocycles. The van der Waals surface area contributed by atoms with Crippen LogP contribution in [0.25, 0.3) is 22.2 Å². The molecule has 2 aliphatic carbocycles.